The van der Waals surface area contributed by atoms with Crippen molar-refractivity contribution in [2.45, 2.75) is 77.0 Å². The van der Waals surface area contributed by atoms with Gasteiger partial charge < -0.3 is 24.4 Å². The van der Waals surface area contributed by atoms with Crippen molar-refractivity contribution in [1.82, 2.24) is 9.47 Å². The van der Waals surface area contributed by atoms with Crippen molar-refractivity contribution < 1.29 is 29.3 Å². The third-order valence-electron chi connectivity index (χ3n) is 7.20. The maximum absolute atomic E-state index is 13.3. The van der Waals surface area contributed by atoms with Gasteiger partial charge in [-0.2, -0.15) is 0 Å². The van der Waals surface area contributed by atoms with Crippen molar-refractivity contribution >= 4 is 28.7 Å². The quantitative estimate of drug-likeness (QED) is 0.403. The Balaban J connectivity index is 1.35. The minimum absolute atomic E-state index is 0.0215. The molecule has 4 rings (SSSR count). The summed E-state index contributed by atoms with van der Waals surface area (Å²) >= 11 is 0. The molecular formula is C31H38N2O6. The highest BCUT2D eigenvalue weighted by Crippen LogP contribution is 2.30. The SMILES string of the molecule is CC(C)(C)OC(=O)CCc1cccc(C2CCN(C(=O)c3ccc4c(ccn4CC(C)(O)C(=O)O)c3)CC2)c1. The molecule has 2 aromatic carbocycles. The van der Waals surface area contributed by atoms with E-state index in [4.69, 9.17) is 4.74 Å². The van der Waals surface area contributed by atoms with E-state index in [0.29, 0.717) is 37.4 Å². The number of hydrogen-bond donors (Lipinski definition) is 2. The van der Waals surface area contributed by atoms with E-state index >= 15 is 0 Å². The van der Waals surface area contributed by atoms with Gasteiger partial charge in [-0.25, -0.2) is 4.79 Å². The number of aromatic nitrogens is 1. The molecule has 1 atom stereocenters. The molecule has 1 saturated heterocycles. The Bertz CT molecular complexity index is 1360. The van der Waals surface area contributed by atoms with E-state index in [1.165, 1.54) is 12.5 Å². The van der Waals surface area contributed by atoms with Gasteiger partial charge in [0.05, 0.1) is 6.54 Å². The molecule has 208 valence electrons. The molecule has 0 aliphatic carbocycles. The van der Waals surface area contributed by atoms with E-state index in [2.05, 4.69) is 12.1 Å². The number of benzene rings is 2. The van der Waals surface area contributed by atoms with E-state index < -0.39 is 17.2 Å². The van der Waals surface area contributed by atoms with Gasteiger partial charge in [-0.15, -0.1) is 0 Å². The van der Waals surface area contributed by atoms with Gasteiger partial charge in [-0.1, -0.05) is 24.3 Å². The predicted molar refractivity (Wildman–Crippen MR) is 149 cm³/mol. The molecule has 3 aromatic rings. The number of ether oxygens (including phenoxy) is 1. The van der Waals surface area contributed by atoms with Crippen LogP contribution in [0.4, 0.5) is 0 Å². The van der Waals surface area contributed by atoms with Crippen LogP contribution in [0.25, 0.3) is 10.9 Å². The van der Waals surface area contributed by atoms with Crippen LogP contribution in [-0.4, -0.2) is 61.8 Å². The van der Waals surface area contributed by atoms with Gasteiger partial charge in [0.1, 0.15) is 5.60 Å². The summed E-state index contributed by atoms with van der Waals surface area (Å²) < 4.78 is 7.11. The summed E-state index contributed by atoms with van der Waals surface area (Å²) in [5.74, 6) is -1.14. The third-order valence-corrected chi connectivity index (χ3v) is 7.20. The molecular weight excluding hydrogens is 496 g/mol. The summed E-state index contributed by atoms with van der Waals surface area (Å²) in [6.45, 7) is 8.11. The maximum Gasteiger partial charge on any atom is 0.337 e. The highest BCUT2D eigenvalue weighted by molar-refractivity contribution is 5.98. The van der Waals surface area contributed by atoms with Crippen LogP contribution >= 0.6 is 0 Å². The molecule has 8 heteroatoms. The number of aliphatic carboxylic acids is 1. The Morgan fingerprint density at radius 2 is 1.72 bits per heavy atom. The van der Waals surface area contributed by atoms with E-state index in [1.54, 1.807) is 22.9 Å². The zero-order valence-corrected chi connectivity index (χ0v) is 23.1. The van der Waals surface area contributed by atoms with E-state index in [0.717, 1.165) is 29.3 Å². The number of amides is 1. The lowest BCUT2D eigenvalue weighted by Crippen LogP contribution is -2.39. The van der Waals surface area contributed by atoms with Gasteiger partial charge >= 0.3 is 11.9 Å². The average molecular weight is 535 g/mol. The number of rotatable bonds is 8. The summed E-state index contributed by atoms with van der Waals surface area (Å²) in [5.41, 5.74) is 1.34. The van der Waals surface area contributed by atoms with Crippen molar-refractivity contribution in [2.24, 2.45) is 0 Å². The number of aryl methyl sites for hydroxylation is 1. The topological polar surface area (TPSA) is 109 Å². The van der Waals surface area contributed by atoms with Crippen molar-refractivity contribution in [2.75, 3.05) is 13.1 Å². The maximum atomic E-state index is 13.3. The number of fused-ring (bicyclic) bond motifs is 1. The van der Waals surface area contributed by atoms with Crippen molar-refractivity contribution in [3.05, 3.63) is 71.4 Å². The van der Waals surface area contributed by atoms with Gasteiger partial charge in [0.2, 0.25) is 0 Å². The van der Waals surface area contributed by atoms with E-state index in [-0.39, 0.29) is 18.4 Å². The molecule has 1 aliphatic rings. The second-order valence-electron chi connectivity index (χ2n) is 11.7. The summed E-state index contributed by atoms with van der Waals surface area (Å²) in [5, 5.41) is 20.2. The molecule has 1 amide bonds. The van der Waals surface area contributed by atoms with Crippen LogP contribution in [-0.2, 0) is 27.3 Å². The van der Waals surface area contributed by atoms with Crippen LogP contribution < -0.4 is 0 Å². The lowest BCUT2D eigenvalue weighted by atomic mass is 9.88. The fraction of sp³-hybridized carbons (Fsp3) is 0.452. The molecule has 0 radical (unpaired) electrons. The molecule has 1 fully saturated rings. The normalized spacial score (nSPS) is 16.2. The summed E-state index contributed by atoms with van der Waals surface area (Å²) in [6.07, 6.45) is 4.44. The van der Waals surface area contributed by atoms with Crippen LogP contribution in [0.5, 0.6) is 0 Å². The van der Waals surface area contributed by atoms with E-state index in [9.17, 15) is 24.6 Å². The van der Waals surface area contributed by atoms with Crippen LogP contribution in [0, 0.1) is 0 Å². The van der Waals surface area contributed by atoms with Gasteiger partial charge in [-0.3, -0.25) is 9.59 Å². The first-order valence-corrected chi connectivity index (χ1v) is 13.5. The highest BCUT2D eigenvalue weighted by Gasteiger charge is 2.31. The lowest BCUT2D eigenvalue weighted by Gasteiger charge is -2.32. The molecule has 0 spiro atoms. The van der Waals surface area contributed by atoms with Crippen LogP contribution in [0.2, 0.25) is 0 Å². The Morgan fingerprint density at radius 3 is 2.38 bits per heavy atom. The van der Waals surface area contributed by atoms with Gasteiger partial charge in [-0.05, 0) is 88.3 Å². The minimum Gasteiger partial charge on any atom is -0.479 e. The van der Waals surface area contributed by atoms with E-state index in [1.807, 2.05) is 49.9 Å². The molecule has 0 bridgehead atoms. The van der Waals surface area contributed by atoms with Crippen LogP contribution in [0.15, 0.2) is 54.7 Å². The second-order valence-corrected chi connectivity index (χ2v) is 11.7. The molecule has 2 heterocycles. The molecule has 1 aromatic heterocycles. The second kappa shape index (κ2) is 11.2. The number of carbonyl (C=O) groups is 3. The minimum atomic E-state index is -1.89. The summed E-state index contributed by atoms with van der Waals surface area (Å²) in [6, 6.07) is 15.6. The fourth-order valence-electron chi connectivity index (χ4n) is 5.11. The molecule has 0 saturated carbocycles. The number of carboxylic acids is 1. The first-order chi connectivity index (χ1) is 18.3. The number of likely N-dealkylation sites (tertiary alicyclic amines) is 1. The zero-order valence-electron chi connectivity index (χ0n) is 23.1. The molecule has 2 N–H and O–H groups in total. The summed E-state index contributed by atoms with van der Waals surface area (Å²) in [4.78, 5) is 38.5. The number of aliphatic hydroxyl groups is 1. The number of nitrogens with zero attached hydrogens (tertiary/aromatic N) is 2. The first kappa shape index (κ1) is 28.4. The Hall–Kier alpha value is -3.65. The monoisotopic (exact) mass is 534 g/mol. The number of carbonyl (C=O) groups excluding carboxylic acids is 2. The molecule has 1 aliphatic heterocycles. The molecule has 8 nitrogen and oxygen atoms in total. The standard InChI is InChI=1S/C31H38N2O6/c1-30(2,3)39-27(34)11-8-21-6-5-7-23(18-21)22-12-15-32(16-13-22)28(35)25-9-10-26-24(19-25)14-17-33(26)20-31(4,38)29(36)37/h5-7,9-10,14,17-19,22,38H,8,11-13,15-16,20H2,1-4H3,(H,36,37). The Kier molecular flexibility index (Phi) is 8.16. The third kappa shape index (κ3) is 7.06. The molecule has 39 heavy (non-hydrogen) atoms. The number of hydrogen-bond acceptors (Lipinski definition) is 5. The number of carboxylic acid groups (broad SMARTS) is 1. The Morgan fingerprint density at radius 1 is 1.00 bits per heavy atom. The van der Waals surface area contributed by atoms with Gasteiger partial charge in [0.25, 0.3) is 5.91 Å². The Labute approximate surface area is 229 Å². The van der Waals surface area contributed by atoms with Crippen molar-refractivity contribution in [1.29, 1.82) is 0 Å². The smallest absolute Gasteiger partial charge is 0.337 e. The highest BCUT2D eigenvalue weighted by atomic mass is 16.6. The van der Waals surface area contributed by atoms with Gasteiger partial charge in [0, 0.05) is 42.2 Å². The number of esters is 1. The lowest BCUT2D eigenvalue weighted by molar-refractivity contribution is -0.158. The van der Waals surface area contributed by atoms with Gasteiger partial charge in [0.15, 0.2) is 5.60 Å². The van der Waals surface area contributed by atoms with Crippen molar-refractivity contribution in [3.63, 3.8) is 0 Å². The average Bonchev–Trinajstić information content (AvgIpc) is 3.27. The van der Waals surface area contributed by atoms with Crippen LogP contribution in [0.3, 0.4) is 0 Å². The molecule has 1 unspecified atom stereocenters. The number of piperidine rings is 1. The predicted octanol–water partition coefficient (Wildman–Crippen LogP) is 4.77. The van der Waals surface area contributed by atoms with Crippen LogP contribution in [0.1, 0.15) is 74.4 Å². The summed E-state index contributed by atoms with van der Waals surface area (Å²) in [7, 11) is 0. The zero-order chi connectivity index (χ0) is 28.4. The fourth-order valence-corrected chi connectivity index (χ4v) is 5.11. The largest absolute Gasteiger partial charge is 0.479 e. The first-order valence-electron chi connectivity index (χ1n) is 13.5. The van der Waals surface area contributed by atoms with Crippen molar-refractivity contribution in [3.8, 4) is 0 Å².